The molecule has 0 bridgehead atoms. The second kappa shape index (κ2) is 8.48. The number of thiocarbonyl (C=S) groups is 1. The van der Waals surface area contributed by atoms with Crippen molar-refractivity contribution in [3.05, 3.63) is 30.1 Å². The molecular weight excluding hydrogens is 314 g/mol. The number of carbonyl (C=O) groups excluding carboxylic acids is 1. The van der Waals surface area contributed by atoms with Gasteiger partial charge in [0.15, 0.2) is 0 Å². The molecule has 1 amide bonds. The molecule has 1 atom stereocenters. The molecule has 6 heteroatoms. The van der Waals surface area contributed by atoms with E-state index in [1.54, 1.807) is 12.4 Å². The zero-order valence-corrected chi connectivity index (χ0v) is 14.8. The fraction of sp³-hybridized carbons (Fsp3) is 0.562. The largest absolute Gasteiger partial charge is 0.358 e. The Morgan fingerprint density at radius 3 is 2.77 bits per heavy atom. The third kappa shape index (κ3) is 4.95. The highest BCUT2D eigenvalue weighted by atomic mass is 32.2. The Kier molecular flexibility index (Phi) is 6.64. The number of carbonyl (C=O) groups is 1. The van der Waals surface area contributed by atoms with E-state index in [1.807, 2.05) is 12.1 Å². The minimum absolute atomic E-state index is 0.0467. The number of hydrogen-bond acceptors (Lipinski definition) is 4. The summed E-state index contributed by atoms with van der Waals surface area (Å²) < 4.78 is 0.854. The van der Waals surface area contributed by atoms with Crippen LogP contribution in [0.25, 0.3) is 0 Å². The summed E-state index contributed by atoms with van der Waals surface area (Å²) in [6.07, 6.45) is 5.89. The van der Waals surface area contributed by atoms with Crippen molar-refractivity contribution in [3.63, 3.8) is 0 Å². The van der Waals surface area contributed by atoms with Crippen LogP contribution in [-0.2, 0) is 11.3 Å². The van der Waals surface area contributed by atoms with Crippen molar-refractivity contribution in [3.8, 4) is 0 Å². The number of likely N-dealkylation sites (tertiary alicyclic amines) is 1. The quantitative estimate of drug-likeness (QED) is 0.837. The van der Waals surface area contributed by atoms with Gasteiger partial charge in [-0.2, -0.15) is 0 Å². The average molecular weight is 338 g/mol. The summed E-state index contributed by atoms with van der Waals surface area (Å²) in [7, 11) is 0. The molecule has 1 saturated heterocycles. The van der Waals surface area contributed by atoms with Gasteiger partial charge in [-0.05, 0) is 30.4 Å². The topological polar surface area (TPSA) is 45.2 Å². The molecule has 1 aliphatic heterocycles. The lowest BCUT2D eigenvalue weighted by atomic mass is 10.1. The van der Waals surface area contributed by atoms with Crippen LogP contribution < -0.4 is 5.32 Å². The highest BCUT2D eigenvalue weighted by Gasteiger charge is 2.27. The number of pyridine rings is 1. The van der Waals surface area contributed by atoms with Crippen molar-refractivity contribution >= 4 is 34.2 Å². The maximum atomic E-state index is 12.5. The summed E-state index contributed by atoms with van der Waals surface area (Å²) >= 11 is 7.03. The molecule has 0 radical (unpaired) electrons. The standard InChI is InChI=1S/C16H23N3OS2/c1-12(2)14(22-16(21)19-8-3-4-9-19)15(20)18-11-13-6-5-7-17-10-13/h5-7,10,12,14H,3-4,8-9,11H2,1-2H3,(H,18,20)/t14-/m0/s1. The van der Waals surface area contributed by atoms with E-state index in [9.17, 15) is 4.79 Å². The maximum Gasteiger partial charge on any atom is 0.234 e. The summed E-state index contributed by atoms with van der Waals surface area (Å²) in [6, 6.07) is 3.83. The van der Waals surface area contributed by atoms with E-state index < -0.39 is 0 Å². The maximum absolute atomic E-state index is 12.5. The number of rotatable bonds is 5. The Morgan fingerprint density at radius 2 is 2.18 bits per heavy atom. The minimum atomic E-state index is -0.148. The summed E-state index contributed by atoms with van der Waals surface area (Å²) in [4.78, 5) is 18.7. The van der Waals surface area contributed by atoms with E-state index in [0.29, 0.717) is 6.54 Å². The third-order valence-corrected chi connectivity index (χ3v) is 5.66. The van der Waals surface area contributed by atoms with Gasteiger partial charge in [0.05, 0.1) is 5.25 Å². The van der Waals surface area contributed by atoms with Crippen LogP contribution in [0, 0.1) is 5.92 Å². The number of amides is 1. The van der Waals surface area contributed by atoms with Crippen LogP contribution in [0.4, 0.5) is 0 Å². The van der Waals surface area contributed by atoms with Gasteiger partial charge in [-0.3, -0.25) is 9.78 Å². The van der Waals surface area contributed by atoms with E-state index in [-0.39, 0.29) is 17.1 Å². The fourth-order valence-corrected chi connectivity index (χ4v) is 3.87. The van der Waals surface area contributed by atoms with Crippen molar-refractivity contribution in [2.75, 3.05) is 13.1 Å². The average Bonchev–Trinajstić information content (AvgIpc) is 3.05. The van der Waals surface area contributed by atoms with E-state index in [4.69, 9.17) is 12.2 Å². The van der Waals surface area contributed by atoms with Gasteiger partial charge in [0, 0.05) is 32.0 Å². The Hall–Kier alpha value is -1.14. The molecule has 4 nitrogen and oxygen atoms in total. The van der Waals surface area contributed by atoms with Gasteiger partial charge in [-0.1, -0.05) is 43.9 Å². The molecule has 0 spiro atoms. The number of hydrogen-bond donors (Lipinski definition) is 1. The van der Waals surface area contributed by atoms with Crippen LogP contribution in [-0.4, -0.2) is 38.5 Å². The first kappa shape index (κ1) is 17.2. The van der Waals surface area contributed by atoms with Crippen LogP contribution >= 0.6 is 24.0 Å². The molecule has 1 aromatic rings. The molecular formula is C16H23N3OS2. The molecule has 0 unspecified atom stereocenters. The monoisotopic (exact) mass is 337 g/mol. The predicted molar refractivity (Wildman–Crippen MR) is 95.7 cm³/mol. The van der Waals surface area contributed by atoms with Gasteiger partial charge in [0.2, 0.25) is 5.91 Å². The Balaban J connectivity index is 1.89. The van der Waals surface area contributed by atoms with Crippen molar-refractivity contribution < 1.29 is 4.79 Å². The normalized spacial score (nSPS) is 15.9. The van der Waals surface area contributed by atoms with Crippen molar-refractivity contribution in [2.24, 2.45) is 5.92 Å². The summed E-state index contributed by atoms with van der Waals surface area (Å²) in [5, 5.41) is 2.85. The number of aromatic nitrogens is 1. The second-order valence-corrected chi connectivity index (χ2v) is 7.60. The first-order chi connectivity index (χ1) is 10.6. The molecule has 2 rings (SSSR count). The van der Waals surface area contributed by atoms with E-state index >= 15 is 0 Å². The minimum Gasteiger partial charge on any atom is -0.358 e. The van der Waals surface area contributed by atoms with Crippen LogP contribution in [0.5, 0.6) is 0 Å². The first-order valence-electron chi connectivity index (χ1n) is 7.70. The zero-order valence-electron chi connectivity index (χ0n) is 13.1. The van der Waals surface area contributed by atoms with Crippen LogP contribution in [0.1, 0.15) is 32.3 Å². The second-order valence-electron chi connectivity index (χ2n) is 5.82. The molecule has 1 aromatic heterocycles. The van der Waals surface area contributed by atoms with Crippen LogP contribution in [0.15, 0.2) is 24.5 Å². The SMILES string of the molecule is CC(C)[C@H](SC(=S)N1CCCC1)C(=O)NCc1cccnc1. The van der Waals surface area contributed by atoms with Gasteiger partial charge in [0.25, 0.3) is 0 Å². The van der Waals surface area contributed by atoms with Gasteiger partial charge in [-0.25, -0.2) is 0 Å². The van der Waals surface area contributed by atoms with Gasteiger partial charge >= 0.3 is 0 Å². The van der Waals surface area contributed by atoms with Gasteiger partial charge < -0.3 is 10.2 Å². The predicted octanol–water partition coefficient (Wildman–Crippen LogP) is 2.84. The smallest absolute Gasteiger partial charge is 0.234 e. The number of nitrogens with one attached hydrogen (secondary N) is 1. The van der Waals surface area contributed by atoms with E-state index in [0.717, 1.165) is 23.0 Å². The molecule has 0 aromatic carbocycles. The van der Waals surface area contributed by atoms with Gasteiger partial charge in [0.1, 0.15) is 4.32 Å². The molecule has 1 aliphatic rings. The highest BCUT2D eigenvalue weighted by Crippen LogP contribution is 2.25. The summed E-state index contributed by atoms with van der Waals surface area (Å²) in [5.74, 6) is 0.282. The first-order valence-corrected chi connectivity index (χ1v) is 8.99. The number of nitrogens with zero attached hydrogens (tertiary/aromatic N) is 2. The molecule has 1 N–H and O–H groups in total. The molecule has 22 heavy (non-hydrogen) atoms. The lowest BCUT2D eigenvalue weighted by Crippen LogP contribution is -2.38. The molecule has 0 saturated carbocycles. The fourth-order valence-electron chi connectivity index (χ4n) is 2.37. The molecule has 120 valence electrons. The van der Waals surface area contributed by atoms with Crippen molar-refractivity contribution in [1.82, 2.24) is 15.2 Å². The number of thioether (sulfide) groups is 1. The van der Waals surface area contributed by atoms with Crippen molar-refractivity contribution in [1.29, 1.82) is 0 Å². The van der Waals surface area contributed by atoms with Gasteiger partial charge in [-0.15, -0.1) is 0 Å². The van der Waals surface area contributed by atoms with Crippen LogP contribution in [0.2, 0.25) is 0 Å². The summed E-state index contributed by atoms with van der Waals surface area (Å²) in [6.45, 7) is 6.68. The highest BCUT2D eigenvalue weighted by molar-refractivity contribution is 8.23. The molecule has 1 fully saturated rings. The Bertz CT molecular complexity index is 501. The summed E-state index contributed by atoms with van der Waals surface area (Å²) in [5.41, 5.74) is 1.01. The van der Waals surface area contributed by atoms with Crippen molar-refractivity contribution in [2.45, 2.75) is 38.5 Å². The van der Waals surface area contributed by atoms with E-state index in [2.05, 4.69) is 29.0 Å². The van der Waals surface area contributed by atoms with Crippen LogP contribution in [0.3, 0.4) is 0 Å². The Morgan fingerprint density at radius 1 is 1.45 bits per heavy atom. The third-order valence-electron chi connectivity index (χ3n) is 3.65. The molecule has 2 heterocycles. The molecule has 0 aliphatic carbocycles. The Labute approximate surface area is 142 Å². The lowest BCUT2D eigenvalue weighted by Gasteiger charge is -2.24. The zero-order chi connectivity index (χ0) is 15.9. The lowest BCUT2D eigenvalue weighted by molar-refractivity contribution is -0.121. The van der Waals surface area contributed by atoms with E-state index in [1.165, 1.54) is 24.6 Å².